The molecule has 1 N–H and O–H groups in total. The van der Waals surface area contributed by atoms with Crippen LogP contribution in [-0.2, 0) is 6.42 Å². The lowest BCUT2D eigenvalue weighted by atomic mass is 10.1. The molecule has 2 aromatic rings. The Bertz CT molecular complexity index is 552. The molecule has 0 spiro atoms. The maximum atomic E-state index is 9.49. The van der Waals surface area contributed by atoms with Crippen LogP contribution < -0.4 is 4.74 Å². The first-order valence-electron chi connectivity index (χ1n) is 7.31. The quantitative estimate of drug-likeness (QED) is 0.745. The van der Waals surface area contributed by atoms with Gasteiger partial charge in [-0.1, -0.05) is 48.0 Å². The summed E-state index contributed by atoms with van der Waals surface area (Å²) in [5.74, 6) is 0.681. The first kappa shape index (κ1) is 15.9. The minimum absolute atomic E-state index is 0.512. The fraction of sp³-hybridized carbons (Fsp3) is 0.333. The highest BCUT2D eigenvalue weighted by Crippen LogP contribution is 2.28. The average Bonchev–Trinajstić information content (AvgIpc) is 2.49. The molecule has 0 unspecified atom stereocenters. The Balaban J connectivity index is 1.74. The summed E-state index contributed by atoms with van der Waals surface area (Å²) in [7, 11) is 0. The molecule has 112 valence electrons. The second-order valence-electron chi connectivity index (χ2n) is 5.16. The second-order valence-corrected chi connectivity index (χ2v) is 5.56. The number of aryl methyl sites for hydroxylation is 1. The summed E-state index contributed by atoms with van der Waals surface area (Å²) in [6.07, 6.45) is 2.64. The van der Waals surface area contributed by atoms with Crippen LogP contribution in [0, 0.1) is 0 Å². The highest BCUT2D eigenvalue weighted by molar-refractivity contribution is 6.32. The lowest BCUT2D eigenvalue weighted by Crippen LogP contribution is -2.00. The summed E-state index contributed by atoms with van der Waals surface area (Å²) >= 11 is 6.15. The molecule has 0 aliphatic rings. The molecule has 0 amide bonds. The van der Waals surface area contributed by atoms with E-state index in [-0.39, 0.29) is 0 Å². The van der Waals surface area contributed by atoms with Crippen LogP contribution in [0.2, 0.25) is 5.02 Å². The molecule has 2 aromatic carbocycles. The minimum atomic E-state index is -0.512. The van der Waals surface area contributed by atoms with E-state index >= 15 is 0 Å². The summed E-state index contributed by atoms with van der Waals surface area (Å²) in [5, 5.41) is 10.0. The van der Waals surface area contributed by atoms with Gasteiger partial charge in [0.15, 0.2) is 0 Å². The Morgan fingerprint density at radius 1 is 1.10 bits per heavy atom. The second kappa shape index (κ2) is 8.06. The maximum absolute atomic E-state index is 9.49. The van der Waals surface area contributed by atoms with Crippen molar-refractivity contribution in [3.8, 4) is 5.75 Å². The van der Waals surface area contributed by atoms with Crippen molar-refractivity contribution in [1.29, 1.82) is 0 Å². The Morgan fingerprint density at radius 2 is 1.86 bits per heavy atom. The summed E-state index contributed by atoms with van der Waals surface area (Å²) in [5.41, 5.74) is 2.16. The Labute approximate surface area is 131 Å². The van der Waals surface area contributed by atoms with Crippen molar-refractivity contribution in [2.75, 3.05) is 6.61 Å². The van der Waals surface area contributed by atoms with Gasteiger partial charge >= 0.3 is 0 Å². The smallest absolute Gasteiger partial charge is 0.137 e. The van der Waals surface area contributed by atoms with Gasteiger partial charge in [-0.25, -0.2) is 0 Å². The Hall–Kier alpha value is -1.51. The van der Waals surface area contributed by atoms with E-state index in [0.29, 0.717) is 17.4 Å². The number of rotatable bonds is 7. The van der Waals surface area contributed by atoms with Crippen LogP contribution in [0.25, 0.3) is 0 Å². The van der Waals surface area contributed by atoms with E-state index in [0.717, 1.165) is 24.8 Å². The van der Waals surface area contributed by atoms with Crippen molar-refractivity contribution < 1.29 is 9.84 Å². The van der Waals surface area contributed by atoms with Gasteiger partial charge in [0.05, 0.1) is 17.7 Å². The summed E-state index contributed by atoms with van der Waals surface area (Å²) in [6, 6.07) is 15.9. The van der Waals surface area contributed by atoms with Gasteiger partial charge in [-0.05, 0) is 49.4 Å². The monoisotopic (exact) mass is 304 g/mol. The molecule has 0 radical (unpaired) electrons. The van der Waals surface area contributed by atoms with Crippen LogP contribution in [-0.4, -0.2) is 11.7 Å². The zero-order chi connectivity index (χ0) is 15.1. The molecule has 3 heteroatoms. The third kappa shape index (κ3) is 5.07. The maximum Gasteiger partial charge on any atom is 0.137 e. The van der Waals surface area contributed by atoms with Crippen LogP contribution in [0.15, 0.2) is 48.5 Å². The zero-order valence-electron chi connectivity index (χ0n) is 12.3. The number of halogens is 1. The number of hydrogen-bond donors (Lipinski definition) is 1. The minimum Gasteiger partial charge on any atom is -0.492 e. The van der Waals surface area contributed by atoms with Crippen LogP contribution in [0.3, 0.4) is 0 Å². The predicted octanol–water partition coefficient (Wildman–Crippen LogP) is 4.80. The molecule has 21 heavy (non-hydrogen) atoms. The zero-order valence-corrected chi connectivity index (χ0v) is 13.0. The van der Waals surface area contributed by atoms with E-state index < -0.39 is 6.10 Å². The molecule has 0 aromatic heterocycles. The molecule has 0 aliphatic carbocycles. The lowest BCUT2D eigenvalue weighted by Gasteiger charge is -2.11. The van der Waals surface area contributed by atoms with Crippen LogP contribution >= 0.6 is 11.6 Å². The number of aliphatic hydroxyl groups is 1. The fourth-order valence-corrected chi connectivity index (χ4v) is 2.40. The van der Waals surface area contributed by atoms with E-state index in [4.69, 9.17) is 16.3 Å². The molecule has 0 heterocycles. The Kier molecular flexibility index (Phi) is 6.09. The highest BCUT2D eigenvalue weighted by atomic mass is 35.5. The third-order valence-corrected chi connectivity index (χ3v) is 3.69. The van der Waals surface area contributed by atoms with Crippen molar-refractivity contribution in [2.24, 2.45) is 0 Å². The SMILES string of the molecule is C[C@H](O)c1ccc(OCCCCc2ccccc2)c(Cl)c1. The van der Waals surface area contributed by atoms with E-state index in [2.05, 4.69) is 24.3 Å². The molecule has 0 aliphatic heterocycles. The fourth-order valence-electron chi connectivity index (χ4n) is 2.15. The molecular formula is C18H21ClO2. The van der Waals surface area contributed by atoms with Crippen molar-refractivity contribution in [3.63, 3.8) is 0 Å². The van der Waals surface area contributed by atoms with E-state index in [1.165, 1.54) is 5.56 Å². The van der Waals surface area contributed by atoms with Gasteiger partial charge in [-0.3, -0.25) is 0 Å². The molecular weight excluding hydrogens is 284 g/mol. The number of aliphatic hydroxyl groups excluding tert-OH is 1. The topological polar surface area (TPSA) is 29.5 Å². The predicted molar refractivity (Wildman–Crippen MR) is 87.0 cm³/mol. The Morgan fingerprint density at radius 3 is 2.52 bits per heavy atom. The van der Waals surface area contributed by atoms with E-state index in [9.17, 15) is 5.11 Å². The molecule has 0 saturated heterocycles. The molecule has 2 nitrogen and oxygen atoms in total. The normalized spacial score (nSPS) is 12.1. The largest absolute Gasteiger partial charge is 0.492 e. The van der Waals surface area contributed by atoms with Crippen LogP contribution in [0.5, 0.6) is 5.75 Å². The number of benzene rings is 2. The van der Waals surface area contributed by atoms with Gasteiger partial charge < -0.3 is 9.84 Å². The highest BCUT2D eigenvalue weighted by Gasteiger charge is 2.06. The molecule has 0 saturated carbocycles. The standard InChI is InChI=1S/C18H21ClO2/c1-14(20)16-10-11-18(17(19)13-16)21-12-6-5-9-15-7-3-2-4-8-15/h2-4,7-8,10-11,13-14,20H,5-6,9,12H2,1H3/t14-/m0/s1. The van der Waals surface area contributed by atoms with Crippen LogP contribution in [0.1, 0.15) is 37.0 Å². The molecule has 0 fully saturated rings. The summed E-state index contributed by atoms with van der Waals surface area (Å²) < 4.78 is 5.70. The van der Waals surface area contributed by atoms with Gasteiger partial charge in [0.1, 0.15) is 5.75 Å². The van der Waals surface area contributed by atoms with Gasteiger partial charge in [0.25, 0.3) is 0 Å². The van der Waals surface area contributed by atoms with Gasteiger partial charge in [0, 0.05) is 0 Å². The van der Waals surface area contributed by atoms with Crippen molar-refractivity contribution in [2.45, 2.75) is 32.3 Å². The molecule has 0 bridgehead atoms. The van der Waals surface area contributed by atoms with Gasteiger partial charge in [-0.2, -0.15) is 0 Å². The first-order chi connectivity index (χ1) is 10.2. The molecule has 1 atom stereocenters. The lowest BCUT2D eigenvalue weighted by molar-refractivity contribution is 0.199. The van der Waals surface area contributed by atoms with Gasteiger partial charge in [0.2, 0.25) is 0 Å². The average molecular weight is 305 g/mol. The first-order valence-corrected chi connectivity index (χ1v) is 7.69. The van der Waals surface area contributed by atoms with Crippen molar-refractivity contribution in [1.82, 2.24) is 0 Å². The van der Waals surface area contributed by atoms with E-state index in [1.54, 1.807) is 13.0 Å². The number of ether oxygens (including phenoxy) is 1. The molecule has 2 rings (SSSR count). The van der Waals surface area contributed by atoms with Crippen molar-refractivity contribution >= 4 is 11.6 Å². The summed E-state index contributed by atoms with van der Waals surface area (Å²) in [4.78, 5) is 0. The number of unbranched alkanes of at least 4 members (excludes halogenated alkanes) is 1. The van der Waals surface area contributed by atoms with E-state index in [1.807, 2.05) is 18.2 Å². The third-order valence-electron chi connectivity index (χ3n) is 3.40. The number of hydrogen-bond acceptors (Lipinski definition) is 2. The van der Waals surface area contributed by atoms with Crippen LogP contribution in [0.4, 0.5) is 0 Å². The van der Waals surface area contributed by atoms with Crippen molar-refractivity contribution in [3.05, 3.63) is 64.7 Å². The summed E-state index contributed by atoms with van der Waals surface area (Å²) in [6.45, 7) is 2.37. The van der Waals surface area contributed by atoms with Gasteiger partial charge in [-0.15, -0.1) is 0 Å².